The number of hydrogen-bond acceptors (Lipinski definition) is 6. The van der Waals surface area contributed by atoms with Gasteiger partial charge in [-0.3, -0.25) is 4.72 Å². The van der Waals surface area contributed by atoms with E-state index in [9.17, 15) is 8.42 Å². The van der Waals surface area contributed by atoms with Crippen molar-refractivity contribution in [1.29, 1.82) is 0 Å². The molecule has 0 spiro atoms. The third-order valence-electron chi connectivity index (χ3n) is 3.37. The van der Waals surface area contributed by atoms with Crippen molar-refractivity contribution in [2.24, 2.45) is 0 Å². The molecule has 0 saturated carbocycles. The quantitative estimate of drug-likeness (QED) is 0.666. The van der Waals surface area contributed by atoms with Gasteiger partial charge in [0.05, 0.1) is 12.1 Å². The fraction of sp³-hybridized carbons (Fsp3) is 0.0588. The molecule has 7 nitrogen and oxygen atoms in total. The van der Waals surface area contributed by atoms with E-state index in [1.807, 2.05) is 18.2 Å². The van der Waals surface area contributed by atoms with Crippen LogP contribution >= 0.6 is 11.6 Å². The minimum absolute atomic E-state index is 0.0259. The molecule has 3 rings (SSSR count). The summed E-state index contributed by atoms with van der Waals surface area (Å²) in [6, 6.07) is 16.6. The second kappa shape index (κ2) is 7.59. The molecule has 0 radical (unpaired) electrons. The first-order chi connectivity index (χ1) is 12.5. The van der Waals surface area contributed by atoms with Crippen LogP contribution in [0, 0.1) is 0 Å². The van der Waals surface area contributed by atoms with E-state index in [0.29, 0.717) is 11.6 Å². The Bertz CT molecular complexity index is 1010. The third-order valence-corrected chi connectivity index (χ3v) is 5.23. The number of nitrogens with zero attached hydrogens (tertiary/aromatic N) is 2. The maximum absolute atomic E-state index is 12.4. The van der Waals surface area contributed by atoms with E-state index in [4.69, 9.17) is 16.3 Å². The summed E-state index contributed by atoms with van der Waals surface area (Å²) in [5, 5.41) is 11.0. The number of ether oxygens (including phenoxy) is 1. The van der Waals surface area contributed by atoms with E-state index in [-0.39, 0.29) is 15.7 Å². The zero-order valence-corrected chi connectivity index (χ0v) is 15.3. The molecular weight excluding hydrogens is 376 g/mol. The lowest BCUT2D eigenvalue weighted by Gasteiger charge is -2.09. The van der Waals surface area contributed by atoms with Crippen LogP contribution in [0.4, 0.5) is 17.3 Å². The Morgan fingerprint density at radius 1 is 0.962 bits per heavy atom. The van der Waals surface area contributed by atoms with Gasteiger partial charge in [0.1, 0.15) is 10.6 Å². The summed E-state index contributed by atoms with van der Waals surface area (Å²) in [5.41, 5.74) is 0.767. The third kappa shape index (κ3) is 4.22. The summed E-state index contributed by atoms with van der Waals surface area (Å²) >= 11 is 5.94. The van der Waals surface area contributed by atoms with Crippen LogP contribution in [0.25, 0.3) is 0 Å². The molecule has 0 bridgehead atoms. The lowest BCUT2D eigenvalue weighted by atomic mass is 10.3. The summed E-state index contributed by atoms with van der Waals surface area (Å²) in [6.07, 6.45) is 0. The maximum Gasteiger partial charge on any atom is 0.264 e. The number of halogens is 1. The first kappa shape index (κ1) is 18.0. The van der Waals surface area contributed by atoms with Crippen molar-refractivity contribution in [3.63, 3.8) is 0 Å². The molecule has 0 aliphatic carbocycles. The van der Waals surface area contributed by atoms with Gasteiger partial charge in [-0.2, -0.15) is 0 Å². The highest BCUT2D eigenvalue weighted by molar-refractivity contribution is 7.92. The standard InChI is InChI=1S/C17H15ClN4O3S/c1-25-13-6-4-5-12(11-13)19-16-9-10-17(21-20-16)22-26(23,24)15-8-3-2-7-14(15)18/h2-11H,1H3,(H,19,20)(H,21,22). The molecule has 0 amide bonds. The van der Waals surface area contributed by atoms with Crippen LogP contribution in [0.1, 0.15) is 0 Å². The first-order valence-corrected chi connectivity index (χ1v) is 9.36. The fourth-order valence-electron chi connectivity index (χ4n) is 2.16. The molecule has 0 atom stereocenters. The van der Waals surface area contributed by atoms with Gasteiger partial charge in [0.15, 0.2) is 11.6 Å². The topological polar surface area (TPSA) is 93.2 Å². The van der Waals surface area contributed by atoms with Crippen LogP contribution in [0.2, 0.25) is 5.02 Å². The van der Waals surface area contributed by atoms with Crippen molar-refractivity contribution in [3.8, 4) is 5.75 Å². The molecule has 2 aromatic carbocycles. The number of anilines is 3. The monoisotopic (exact) mass is 390 g/mol. The van der Waals surface area contributed by atoms with Gasteiger partial charge in [-0.05, 0) is 36.4 Å². The zero-order valence-electron chi connectivity index (χ0n) is 13.7. The summed E-state index contributed by atoms with van der Waals surface area (Å²) in [5.74, 6) is 1.24. The van der Waals surface area contributed by atoms with Crippen LogP contribution in [0.3, 0.4) is 0 Å². The van der Waals surface area contributed by atoms with Crippen LogP contribution < -0.4 is 14.8 Å². The molecule has 9 heteroatoms. The smallest absolute Gasteiger partial charge is 0.264 e. The van der Waals surface area contributed by atoms with Gasteiger partial charge in [0.2, 0.25) is 0 Å². The normalized spacial score (nSPS) is 11.0. The lowest BCUT2D eigenvalue weighted by molar-refractivity contribution is 0.415. The van der Waals surface area contributed by atoms with Gasteiger partial charge in [-0.15, -0.1) is 10.2 Å². The zero-order chi connectivity index (χ0) is 18.6. The van der Waals surface area contributed by atoms with Crippen LogP contribution in [-0.2, 0) is 10.0 Å². The van der Waals surface area contributed by atoms with Gasteiger partial charge < -0.3 is 10.1 Å². The highest BCUT2D eigenvalue weighted by atomic mass is 35.5. The Labute approximate surface area is 156 Å². The second-order valence-electron chi connectivity index (χ2n) is 5.20. The molecule has 0 aliphatic heterocycles. The van der Waals surface area contributed by atoms with Crippen LogP contribution in [0.15, 0.2) is 65.6 Å². The fourth-order valence-corrected chi connectivity index (χ4v) is 3.67. The van der Waals surface area contributed by atoms with Gasteiger partial charge in [0, 0.05) is 11.8 Å². The minimum Gasteiger partial charge on any atom is -0.497 e. The van der Waals surface area contributed by atoms with Crippen molar-refractivity contribution < 1.29 is 13.2 Å². The van der Waals surface area contributed by atoms with Crippen molar-refractivity contribution in [2.45, 2.75) is 4.90 Å². The molecule has 26 heavy (non-hydrogen) atoms. The Hall–Kier alpha value is -2.84. The molecule has 1 heterocycles. The van der Waals surface area contributed by atoms with Crippen molar-refractivity contribution >= 4 is 38.9 Å². The van der Waals surface area contributed by atoms with E-state index in [1.165, 1.54) is 18.2 Å². The summed E-state index contributed by atoms with van der Waals surface area (Å²) < 4.78 is 32.3. The van der Waals surface area contributed by atoms with E-state index >= 15 is 0 Å². The first-order valence-electron chi connectivity index (χ1n) is 7.50. The Morgan fingerprint density at radius 2 is 1.69 bits per heavy atom. The second-order valence-corrected chi connectivity index (χ2v) is 7.25. The molecule has 0 unspecified atom stereocenters. The molecule has 0 fully saturated rings. The molecule has 2 N–H and O–H groups in total. The van der Waals surface area contributed by atoms with E-state index < -0.39 is 10.0 Å². The minimum atomic E-state index is -3.85. The van der Waals surface area contributed by atoms with Gasteiger partial charge in [-0.1, -0.05) is 29.8 Å². The highest BCUT2D eigenvalue weighted by Crippen LogP contribution is 2.23. The SMILES string of the molecule is COc1cccc(Nc2ccc(NS(=O)(=O)c3ccccc3Cl)nn2)c1. The Morgan fingerprint density at radius 3 is 2.38 bits per heavy atom. The van der Waals surface area contributed by atoms with Gasteiger partial charge in [-0.25, -0.2) is 8.42 Å². The van der Waals surface area contributed by atoms with E-state index in [2.05, 4.69) is 20.2 Å². The number of aromatic nitrogens is 2. The molecule has 0 aliphatic rings. The maximum atomic E-state index is 12.4. The van der Waals surface area contributed by atoms with Crippen molar-refractivity contribution in [1.82, 2.24) is 10.2 Å². The predicted octanol–water partition coefficient (Wildman–Crippen LogP) is 3.68. The average Bonchev–Trinajstić information content (AvgIpc) is 2.63. The van der Waals surface area contributed by atoms with E-state index in [1.54, 1.807) is 31.4 Å². The highest BCUT2D eigenvalue weighted by Gasteiger charge is 2.18. The number of methoxy groups -OCH3 is 1. The number of rotatable bonds is 6. The number of hydrogen-bond donors (Lipinski definition) is 2. The summed E-state index contributed by atoms with van der Waals surface area (Å²) in [7, 11) is -2.26. The molecule has 134 valence electrons. The van der Waals surface area contributed by atoms with Gasteiger partial charge >= 0.3 is 0 Å². The lowest BCUT2D eigenvalue weighted by Crippen LogP contribution is -2.14. The summed E-state index contributed by atoms with van der Waals surface area (Å²) in [6.45, 7) is 0. The Kier molecular flexibility index (Phi) is 5.24. The molecule has 1 aromatic heterocycles. The number of benzene rings is 2. The number of nitrogens with one attached hydrogen (secondary N) is 2. The van der Waals surface area contributed by atoms with E-state index in [0.717, 1.165) is 5.69 Å². The predicted molar refractivity (Wildman–Crippen MR) is 101 cm³/mol. The van der Waals surface area contributed by atoms with Crippen molar-refractivity contribution in [3.05, 3.63) is 65.7 Å². The van der Waals surface area contributed by atoms with Crippen LogP contribution in [-0.4, -0.2) is 25.7 Å². The summed E-state index contributed by atoms with van der Waals surface area (Å²) in [4.78, 5) is -0.0259. The molecule has 3 aromatic rings. The molecular formula is C17H15ClN4O3S. The Balaban J connectivity index is 1.74. The molecule has 0 saturated heterocycles. The average molecular weight is 391 g/mol. The largest absolute Gasteiger partial charge is 0.497 e. The van der Waals surface area contributed by atoms with Crippen LogP contribution in [0.5, 0.6) is 5.75 Å². The van der Waals surface area contributed by atoms with Crippen molar-refractivity contribution in [2.75, 3.05) is 17.1 Å². The number of sulfonamides is 1. The van der Waals surface area contributed by atoms with Gasteiger partial charge in [0.25, 0.3) is 10.0 Å².